The maximum absolute atomic E-state index is 12.5. The largest absolute Gasteiger partial charge is 0.489 e. The summed E-state index contributed by atoms with van der Waals surface area (Å²) < 4.78 is 5.77. The first-order valence-electron chi connectivity index (χ1n) is 8.47. The maximum Gasteiger partial charge on any atom is 0.323 e. The smallest absolute Gasteiger partial charge is 0.323 e. The second kappa shape index (κ2) is 7.21. The molecule has 4 rings (SSSR count). The summed E-state index contributed by atoms with van der Waals surface area (Å²) in [4.78, 5) is 29.2. The first-order valence-corrected chi connectivity index (χ1v) is 8.47. The van der Waals surface area contributed by atoms with Crippen LogP contribution in [0, 0.1) is 0 Å². The van der Waals surface area contributed by atoms with Crippen LogP contribution in [0.4, 0.5) is 5.69 Å². The number of rotatable bonds is 5. The summed E-state index contributed by atoms with van der Waals surface area (Å²) in [6.45, 7) is 0.434. The van der Waals surface area contributed by atoms with E-state index in [1.54, 1.807) is 36.4 Å². The van der Waals surface area contributed by atoms with E-state index in [1.807, 2.05) is 36.4 Å². The normalized spacial score (nSPS) is 10.7. The molecular formula is C21H17N3O3. The number of fused-ring (bicyclic) bond motifs is 1. The number of anilines is 1. The van der Waals surface area contributed by atoms with Crippen LogP contribution < -0.4 is 15.7 Å². The van der Waals surface area contributed by atoms with Crippen molar-refractivity contribution < 1.29 is 9.53 Å². The average Bonchev–Trinajstić information content (AvgIpc) is 3.07. The molecule has 27 heavy (non-hydrogen) atoms. The third-order valence-electron chi connectivity index (χ3n) is 4.12. The highest BCUT2D eigenvalue weighted by molar-refractivity contribution is 6.05. The zero-order valence-corrected chi connectivity index (χ0v) is 14.4. The van der Waals surface area contributed by atoms with Gasteiger partial charge >= 0.3 is 5.69 Å². The van der Waals surface area contributed by atoms with E-state index in [4.69, 9.17) is 4.74 Å². The lowest BCUT2D eigenvalue weighted by Gasteiger charge is -2.09. The number of benzene rings is 3. The van der Waals surface area contributed by atoms with Crippen molar-refractivity contribution in [3.8, 4) is 5.75 Å². The number of carbonyl (C=O) groups excluding carboxylic acids is 1. The van der Waals surface area contributed by atoms with Crippen LogP contribution >= 0.6 is 0 Å². The van der Waals surface area contributed by atoms with Gasteiger partial charge in [-0.25, -0.2) is 4.79 Å². The molecule has 1 aromatic heterocycles. The van der Waals surface area contributed by atoms with Gasteiger partial charge in [0.15, 0.2) is 0 Å². The summed E-state index contributed by atoms with van der Waals surface area (Å²) in [7, 11) is 0. The number of hydrogen-bond acceptors (Lipinski definition) is 3. The Morgan fingerprint density at radius 1 is 0.889 bits per heavy atom. The third kappa shape index (κ3) is 3.90. The molecule has 0 aliphatic rings. The average molecular weight is 359 g/mol. The molecule has 3 aromatic carbocycles. The van der Waals surface area contributed by atoms with Crippen LogP contribution in [0.1, 0.15) is 15.9 Å². The molecule has 0 unspecified atom stereocenters. The fourth-order valence-corrected chi connectivity index (χ4v) is 2.78. The summed E-state index contributed by atoms with van der Waals surface area (Å²) in [6, 6.07) is 22.0. The Morgan fingerprint density at radius 3 is 2.56 bits per heavy atom. The number of aromatic nitrogens is 2. The topological polar surface area (TPSA) is 87.0 Å². The molecule has 0 aliphatic carbocycles. The minimum atomic E-state index is -0.281. The van der Waals surface area contributed by atoms with Crippen LogP contribution in [-0.4, -0.2) is 15.9 Å². The quantitative estimate of drug-likeness (QED) is 0.508. The van der Waals surface area contributed by atoms with Crippen molar-refractivity contribution >= 4 is 22.6 Å². The molecule has 6 heteroatoms. The number of hydrogen-bond donors (Lipinski definition) is 3. The minimum absolute atomic E-state index is 0.252. The van der Waals surface area contributed by atoms with Crippen LogP contribution in [0.3, 0.4) is 0 Å². The van der Waals surface area contributed by atoms with E-state index in [-0.39, 0.29) is 11.6 Å². The first kappa shape index (κ1) is 16.7. The summed E-state index contributed by atoms with van der Waals surface area (Å²) in [5.41, 5.74) is 3.19. The van der Waals surface area contributed by atoms with Gasteiger partial charge in [-0.3, -0.25) is 4.79 Å². The number of ether oxygens (including phenoxy) is 1. The van der Waals surface area contributed by atoms with Gasteiger partial charge < -0.3 is 20.0 Å². The van der Waals surface area contributed by atoms with E-state index in [9.17, 15) is 9.59 Å². The zero-order valence-electron chi connectivity index (χ0n) is 14.4. The fraction of sp³-hybridized carbons (Fsp3) is 0.0476. The van der Waals surface area contributed by atoms with Gasteiger partial charge in [0.25, 0.3) is 5.91 Å². The van der Waals surface area contributed by atoms with E-state index < -0.39 is 0 Å². The Labute approximate surface area is 154 Å². The van der Waals surface area contributed by atoms with Gasteiger partial charge in [-0.05, 0) is 42.0 Å². The van der Waals surface area contributed by atoms with Crippen LogP contribution in [0.15, 0.2) is 77.6 Å². The van der Waals surface area contributed by atoms with Crippen molar-refractivity contribution in [2.75, 3.05) is 5.32 Å². The molecule has 6 nitrogen and oxygen atoms in total. The molecule has 3 N–H and O–H groups in total. The molecule has 0 saturated carbocycles. The molecule has 0 aliphatic heterocycles. The number of imidazole rings is 1. The van der Waals surface area contributed by atoms with E-state index in [0.717, 1.165) is 5.56 Å². The van der Waals surface area contributed by atoms with E-state index in [1.165, 1.54) is 0 Å². The van der Waals surface area contributed by atoms with Gasteiger partial charge in [0, 0.05) is 11.3 Å². The molecule has 134 valence electrons. The number of amides is 1. The van der Waals surface area contributed by atoms with E-state index in [2.05, 4.69) is 15.3 Å². The van der Waals surface area contributed by atoms with Crippen LogP contribution in [0.5, 0.6) is 5.75 Å². The van der Waals surface area contributed by atoms with Crippen molar-refractivity contribution in [3.05, 3.63) is 94.4 Å². The second-order valence-electron chi connectivity index (χ2n) is 6.10. The lowest BCUT2D eigenvalue weighted by molar-refractivity contribution is 0.102. The Bertz CT molecular complexity index is 1150. The summed E-state index contributed by atoms with van der Waals surface area (Å²) in [5, 5.41) is 2.83. The Morgan fingerprint density at radius 2 is 1.70 bits per heavy atom. The van der Waals surface area contributed by atoms with E-state index in [0.29, 0.717) is 34.6 Å². The Balaban J connectivity index is 1.47. The van der Waals surface area contributed by atoms with Crippen LogP contribution in [0.25, 0.3) is 11.0 Å². The molecule has 4 aromatic rings. The predicted molar refractivity (Wildman–Crippen MR) is 104 cm³/mol. The number of H-pyrrole nitrogens is 2. The monoisotopic (exact) mass is 359 g/mol. The third-order valence-corrected chi connectivity index (χ3v) is 4.12. The number of carbonyl (C=O) groups is 1. The number of nitrogens with one attached hydrogen (secondary N) is 3. The highest BCUT2D eigenvalue weighted by atomic mass is 16.5. The zero-order chi connectivity index (χ0) is 18.6. The van der Waals surface area contributed by atoms with Crippen molar-refractivity contribution in [3.63, 3.8) is 0 Å². The fourth-order valence-electron chi connectivity index (χ4n) is 2.78. The van der Waals surface area contributed by atoms with Gasteiger partial charge in [-0.15, -0.1) is 0 Å². The van der Waals surface area contributed by atoms with Gasteiger partial charge in [0.2, 0.25) is 0 Å². The lowest BCUT2D eigenvalue weighted by atomic mass is 10.2. The molecule has 1 heterocycles. The van der Waals surface area contributed by atoms with Gasteiger partial charge in [0.1, 0.15) is 12.4 Å². The molecule has 0 fully saturated rings. The SMILES string of the molecule is O=C(Nc1ccc2[nH]c(=O)[nH]c2c1)c1cccc(OCc2ccccc2)c1. The standard InChI is InChI=1S/C21H17N3O3/c25-20(22-16-9-10-18-19(12-16)24-21(26)23-18)15-7-4-8-17(11-15)27-13-14-5-2-1-3-6-14/h1-12H,13H2,(H,22,25)(H2,23,24,26). The van der Waals surface area contributed by atoms with Crippen molar-refractivity contribution in [2.45, 2.75) is 6.61 Å². The van der Waals surface area contributed by atoms with Crippen molar-refractivity contribution in [2.24, 2.45) is 0 Å². The molecule has 0 atom stereocenters. The van der Waals surface area contributed by atoms with Crippen molar-refractivity contribution in [1.29, 1.82) is 0 Å². The lowest BCUT2D eigenvalue weighted by Crippen LogP contribution is -2.12. The molecule has 0 spiro atoms. The molecule has 0 saturated heterocycles. The first-order chi connectivity index (χ1) is 13.2. The Kier molecular flexibility index (Phi) is 4.45. The van der Waals surface area contributed by atoms with Crippen LogP contribution in [-0.2, 0) is 6.61 Å². The highest BCUT2D eigenvalue weighted by Gasteiger charge is 2.09. The summed E-state index contributed by atoms with van der Waals surface area (Å²) in [6.07, 6.45) is 0. The van der Waals surface area contributed by atoms with Crippen LogP contribution in [0.2, 0.25) is 0 Å². The summed E-state index contributed by atoms with van der Waals surface area (Å²) >= 11 is 0. The predicted octanol–water partition coefficient (Wildman–Crippen LogP) is 3.69. The maximum atomic E-state index is 12.5. The van der Waals surface area contributed by atoms with Crippen molar-refractivity contribution in [1.82, 2.24) is 9.97 Å². The minimum Gasteiger partial charge on any atom is -0.489 e. The molecule has 0 bridgehead atoms. The molecular weight excluding hydrogens is 342 g/mol. The molecule has 0 radical (unpaired) electrons. The molecule has 1 amide bonds. The van der Waals surface area contributed by atoms with Gasteiger partial charge in [0.05, 0.1) is 11.0 Å². The van der Waals surface area contributed by atoms with E-state index >= 15 is 0 Å². The van der Waals surface area contributed by atoms with Gasteiger partial charge in [-0.2, -0.15) is 0 Å². The Hall–Kier alpha value is -3.80. The number of aromatic amines is 2. The second-order valence-corrected chi connectivity index (χ2v) is 6.10. The summed E-state index contributed by atoms with van der Waals surface area (Å²) in [5.74, 6) is 0.370. The highest BCUT2D eigenvalue weighted by Crippen LogP contribution is 2.18. The van der Waals surface area contributed by atoms with Gasteiger partial charge in [-0.1, -0.05) is 36.4 Å².